The van der Waals surface area contributed by atoms with Crippen molar-refractivity contribution in [3.05, 3.63) is 23.9 Å². The van der Waals surface area contributed by atoms with Crippen molar-refractivity contribution in [2.75, 3.05) is 11.9 Å². The van der Waals surface area contributed by atoms with E-state index in [1.165, 1.54) is 24.8 Å². The fourth-order valence-corrected chi connectivity index (χ4v) is 1.86. The van der Waals surface area contributed by atoms with Crippen molar-refractivity contribution in [2.24, 2.45) is 5.92 Å². The number of aromatic nitrogens is 3. The molecular formula is C12H16N4. The molecule has 2 heterocycles. The number of rotatable bonds is 4. The molecule has 0 bridgehead atoms. The summed E-state index contributed by atoms with van der Waals surface area (Å²) in [5.41, 5.74) is 2.10. The van der Waals surface area contributed by atoms with E-state index in [0.717, 1.165) is 24.1 Å². The highest BCUT2D eigenvalue weighted by Gasteiger charge is 2.20. The van der Waals surface area contributed by atoms with Gasteiger partial charge in [0.05, 0.1) is 0 Å². The zero-order valence-electron chi connectivity index (χ0n) is 9.48. The molecule has 2 aromatic rings. The lowest BCUT2D eigenvalue weighted by Crippen LogP contribution is -2.03. The third-order valence-corrected chi connectivity index (χ3v) is 3.01. The molecule has 84 valence electrons. The van der Waals surface area contributed by atoms with Gasteiger partial charge in [-0.1, -0.05) is 18.9 Å². The zero-order valence-corrected chi connectivity index (χ0v) is 9.48. The van der Waals surface area contributed by atoms with E-state index in [1.807, 2.05) is 16.8 Å². The van der Waals surface area contributed by atoms with Gasteiger partial charge < -0.3 is 5.32 Å². The first-order chi connectivity index (χ1) is 7.81. The molecule has 0 radical (unpaired) electrons. The van der Waals surface area contributed by atoms with E-state index >= 15 is 0 Å². The van der Waals surface area contributed by atoms with Crippen LogP contribution in [0, 0.1) is 12.8 Å². The summed E-state index contributed by atoms with van der Waals surface area (Å²) in [5.74, 6) is 1.69. The molecule has 0 aromatic carbocycles. The Kier molecular flexibility index (Phi) is 2.27. The minimum atomic E-state index is 0.742. The van der Waals surface area contributed by atoms with E-state index in [4.69, 9.17) is 0 Å². The number of hydrogen-bond donors (Lipinski definition) is 1. The minimum Gasteiger partial charge on any atom is -0.353 e. The predicted octanol–water partition coefficient (Wildman–Crippen LogP) is 2.25. The maximum absolute atomic E-state index is 4.41. The maximum Gasteiger partial charge on any atom is 0.243 e. The molecule has 1 N–H and O–H groups in total. The van der Waals surface area contributed by atoms with E-state index in [1.54, 1.807) is 0 Å². The average molecular weight is 216 g/mol. The Bertz CT molecular complexity index is 499. The second-order valence-corrected chi connectivity index (χ2v) is 4.60. The van der Waals surface area contributed by atoms with Crippen LogP contribution in [0.4, 0.5) is 5.95 Å². The number of fused-ring (bicyclic) bond motifs is 1. The molecule has 2 aromatic heterocycles. The van der Waals surface area contributed by atoms with Crippen LogP contribution in [0.15, 0.2) is 18.3 Å². The van der Waals surface area contributed by atoms with Gasteiger partial charge in [-0.2, -0.15) is 4.98 Å². The number of anilines is 1. The quantitative estimate of drug-likeness (QED) is 0.852. The monoisotopic (exact) mass is 216 g/mol. The smallest absolute Gasteiger partial charge is 0.243 e. The number of pyridine rings is 1. The highest BCUT2D eigenvalue weighted by molar-refractivity contribution is 5.43. The van der Waals surface area contributed by atoms with Crippen molar-refractivity contribution in [1.29, 1.82) is 0 Å². The van der Waals surface area contributed by atoms with Crippen LogP contribution in [0.2, 0.25) is 0 Å². The minimum absolute atomic E-state index is 0.742. The summed E-state index contributed by atoms with van der Waals surface area (Å²) in [6.07, 6.45) is 6.04. The summed E-state index contributed by atoms with van der Waals surface area (Å²) in [4.78, 5) is 4.41. The van der Waals surface area contributed by atoms with Gasteiger partial charge in [0.2, 0.25) is 5.95 Å². The molecule has 4 heteroatoms. The lowest BCUT2D eigenvalue weighted by molar-refractivity contribution is 0.755. The van der Waals surface area contributed by atoms with E-state index < -0.39 is 0 Å². The summed E-state index contributed by atoms with van der Waals surface area (Å²) in [6, 6.07) is 4.05. The summed E-state index contributed by atoms with van der Waals surface area (Å²) in [5, 5.41) is 7.67. The van der Waals surface area contributed by atoms with Crippen LogP contribution >= 0.6 is 0 Å². The van der Waals surface area contributed by atoms with Crippen molar-refractivity contribution in [1.82, 2.24) is 14.6 Å². The van der Waals surface area contributed by atoms with E-state index in [2.05, 4.69) is 28.4 Å². The molecule has 16 heavy (non-hydrogen) atoms. The molecule has 4 nitrogen and oxygen atoms in total. The lowest BCUT2D eigenvalue weighted by Gasteiger charge is -1.98. The van der Waals surface area contributed by atoms with Crippen LogP contribution in [0.25, 0.3) is 5.65 Å². The third kappa shape index (κ3) is 2.01. The van der Waals surface area contributed by atoms with Gasteiger partial charge in [0.25, 0.3) is 0 Å². The summed E-state index contributed by atoms with van der Waals surface area (Å²) in [7, 11) is 0. The van der Waals surface area contributed by atoms with Gasteiger partial charge in [-0.05, 0) is 30.9 Å². The Balaban J connectivity index is 1.71. The molecule has 0 unspecified atom stereocenters. The normalized spacial score (nSPS) is 15.6. The van der Waals surface area contributed by atoms with Crippen LogP contribution in [0.5, 0.6) is 0 Å². The zero-order chi connectivity index (χ0) is 11.0. The molecule has 1 aliphatic carbocycles. The summed E-state index contributed by atoms with van der Waals surface area (Å²) in [6.45, 7) is 3.04. The molecule has 1 saturated carbocycles. The first-order valence-electron chi connectivity index (χ1n) is 5.88. The van der Waals surface area contributed by atoms with Crippen molar-refractivity contribution >= 4 is 11.6 Å². The lowest BCUT2D eigenvalue weighted by atomic mass is 10.3. The Morgan fingerprint density at radius 2 is 2.31 bits per heavy atom. The first-order valence-corrected chi connectivity index (χ1v) is 5.88. The van der Waals surface area contributed by atoms with Crippen LogP contribution < -0.4 is 5.32 Å². The predicted molar refractivity (Wildman–Crippen MR) is 63.6 cm³/mol. The fraction of sp³-hybridized carbons (Fsp3) is 0.500. The van der Waals surface area contributed by atoms with E-state index in [0.29, 0.717) is 0 Å². The summed E-state index contributed by atoms with van der Waals surface area (Å²) < 4.78 is 1.83. The van der Waals surface area contributed by atoms with Crippen molar-refractivity contribution in [3.8, 4) is 0 Å². The largest absolute Gasteiger partial charge is 0.353 e. The second kappa shape index (κ2) is 3.77. The topological polar surface area (TPSA) is 42.2 Å². The molecule has 1 fully saturated rings. The Morgan fingerprint density at radius 1 is 1.44 bits per heavy atom. The SMILES string of the molecule is Cc1ccc2nc(NCCC3CC3)nn2c1. The van der Waals surface area contributed by atoms with Gasteiger partial charge in [0.15, 0.2) is 5.65 Å². The number of hydrogen-bond acceptors (Lipinski definition) is 3. The van der Waals surface area contributed by atoms with Gasteiger partial charge in [0.1, 0.15) is 0 Å². The first kappa shape index (κ1) is 9.63. The van der Waals surface area contributed by atoms with Gasteiger partial charge in [-0.3, -0.25) is 0 Å². The Labute approximate surface area is 94.7 Å². The maximum atomic E-state index is 4.41. The standard InChI is InChI=1S/C12H16N4/c1-9-2-5-11-14-12(15-16(11)8-9)13-7-6-10-3-4-10/h2,5,8,10H,3-4,6-7H2,1H3,(H,13,15). The summed E-state index contributed by atoms with van der Waals surface area (Å²) >= 11 is 0. The van der Waals surface area contributed by atoms with E-state index in [-0.39, 0.29) is 0 Å². The highest BCUT2D eigenvalue weighted by atomic mass is 15.3. The Hall–Kier alpha value is -1.58. The van der Waals surface area contributed by atoms with Crippen LogP contribution in [0.1, 0.15) is 24.8 Å². The van der Waals surface area contributed by atoms with Crippen molar-refractivity contribution in [2.45, 2.75) is 26.2 Å². The van der Waals surface area contributed by atoms with Crippen LogP contribution in [-0.2, 0) is 0 Å². The van der Waals surface area contributed by atoms with Gasteiger partial charge >= 0.3 is 0 Å². The van der Waals surface area contributed by atoms with Crippen molar-refractivity contribution in [3.63, 3.8) is 0 Å². The van der Waals surface area contributed by atoms with E-state index in [9.17, 15) is 0 Å². The van der Waals surface area contributed by atoms with Gasteiger partial charge in [0, 0.05) is 12.7 Å². The molecule has 0 aliphatic heterocycles. The molecular weight excluding hydrogens is 200 g/mol. The highest BCUT2D eigenvalue weighted by Crippen LogP contribution is 2.31. The molecule has 3 rings (SSSR count). The molecule has 0 spiro atoms. The second-order valence-electron chi connectivity index (χ2n) is 4.60. The molecule has 0 amide bonds. The van der Waals surface area contributed by atoms with Crippen LogP contribution in [-0.4, -0.2) is 21.1 Å². The number of nitrogens with zero attached hydrogens (tertiary/aromatic N) is 3. The van der Waals surface area contributed by atoms with Gasteiger partial charge in [-0.25, -0.2) is 4.52 Å². The number of nitrogens with one attached hydrogen (secondary N) is 1. The number of aryl methyl sites for hydroxylation is 1. The Morgan fingerprint density at radius 3 is 3.12 bits per heavy atom. The van der Waals surface area contributed by atoms with Gasteiger partial charge in [-0.15, -0.1) is 5.10 Å². The van der Waals surface area contributed by atoms with Crippen molar-refractivity contribution < 1.29 is 0 Å². The third-order valence-electron chi connectivity index (χ3n) is 3.01. The fourth-order valence-electron chi connectivity index (χ4n) is 1.86. The van der Waals surface area contributed by atoms with Crippen LogP contribution in [0.3, 0.4) is 0 Å². The average Bonchev–Trinajstić information content (AvgIpc) is 2.98. The molecule has 1 aliphatic rings. The molecule has 0 saturated heterocycles. The molecule has 0 atom stereocenters.